The lowest BCUT2D eigenvalue weighted by Crippen LogP contribution is -2.03. The van der Waals surface area contributed by atoms with Crippen LogP contribution in [0.4, 0.5) is 0 Å². The molecular formula is C9H11BrN4S. The summed E-state index contributed by atoms with van der Waals surface area (Å²) in [5, 5.41) is 13.2. The van der Waals surface area contributed by atoms with Crippen molar-refractivity contribution in [3.05, 3.63) is 21.6 Å². The number of halogens is 1. The van der Waals surface area contributed by atoms with Gasteiger partial charge in [-0.1, -0.05) is 5.21 Å². The van der Waals surface area contributed by atoms with Crippen LogP contribution in [0, 0.1) is 0 Å². The molecule has 0 fully saturated rings. The van der Waals surface area contributed by atoms with E-state index >= 15 is 0 Å². The Morgan fingerprint density at radius 3 is 3.00 bits per heavy atom. The fourth-order valence-electron chi connectivity index (χ4n) is 1.39. The molecule has 0 spiro atoms. The fourth-order valence-corrected chi connectivity index (χ4v) is 3.05. The molecule has 2 aromatic heterocycles. The largest absolute Gasteiger partial charge is 0.316 e. The molecule has 80 valence electrons. The van der Waals surface area contributed by atoms with Crippen LogP contribution in [-0.4, -0.2) is 22.0 Å². The van der Waals surface area contributed by atoms with E-state index in [1.54, 1.807) is 16.0 Å². The Labute approximate surface area is 100 Å². The van der Waals surface area contributed by atoms with Crippen molar-refractivity contribution in [1.29, 1.82) is 0 Å². The minimum atomic E-state index is 0.794. The molecule has 4 nitrogen and oxygen atoms in total. The summed E-state index contributed by atoms with van der Waals surface area (Å²) in [5.41, 5.74) is 2.31. The molecule has 0 amide bonds. The number of aryl methyl sites for hydroxylation is 1. The van der Waals surface area contributed by atoms with Crippen LogP contribution in [0.3, 0.4) is 0 Å². The SMILES string of the molecule is CNCc1csc(-c2c(Br)nnn2C)c1. The van der Waals surface area contributed by atoms with Crippen molar-refractivity contribution in [2.45, 2.75) is 6.54 Å². The van der Waals surface area contributed by atoms with Crippen LogP contribution in [0.25, 0.3) is 10.6 Å². The molecule has 0 atom stereocenters. The zero-order valence-corrected chi connectivity index (χ0v) is 10.9. The van der Waals surface area contributed by atoms with Gasteiger partial charge in [0, 0.05) is 13.6 Å². The molecule has 0 aromatic carbocycles. The molecule has 0 saturated carbocycles. The molecule has 0 saturated heterocycles. The van der Waals surface area contributed by atoms with Crippen LogP contribution in [0.2, 0.25) is 0 Å². The second kappa shape index (κ2) is 4.42. The van der Waals surface area contributed by atoms with Crippen molar-refractivity contribution in [2.24, 2.45) is 7.05 Å². The molecule has 15 heavy (non-hydrogen) atoms. The predicted molar refractivity (Wildman–Crippen MR) is 64.8 cm³/mol. The van der Waals surface area contributed by atoms with Gasteiger partial charge in [-0.15, -0.1) is 16.4 Å². The lowest BCUT2D eigenvalue weighted by molar-refractivity contribution is 0.720. The normalized spacial score (nSPS) is 10.9. The maximum Gasteiger partial charge on any atom is 0.157 e. The van der Waals surface area contributed by atoms with Crippen molar-refractivity contribution < 1.29 is 0 Å². The molecule has 6 heteroatoms. The summed E-state index contributed by atoms with van der Waals surface area (Å²) in [6.45, 7) is 0.888. The van der Waals surface area contributed by atoms with Crippen LogP contribution < -0.4 is 5.32 Å². The van der Waals surface area contributed by atoms with Gasteiger partial charge in [0.1, 0.15) is 5.69 Å². The van der Waals surface area contributed by atoms with Crippen LogP contribution in [0.1, 0.15) is 5.56 Å². The van der Waals surface area contributed by atoms with Gasteiger partial charge in [0.25, 0.3) is 0 Å². The van der Waals surface area contributed by atoms with Crippen LogP contribution in [0.5, 0.6) is 0 Å². The number of rotatable bonds is 3. The predicted octanol–water partition coefficient (Wildman–Crippen LogP) is 2.03. The molecule has 0 unspecified atom stereocenters. The molecule has 1 N–H and O–H groups in total. The molecule has 2 heterocycles. The van der Waals surface area contributed by atoms with Crippen molar-refractivity contribution >= 4 is 27.3 Å². The Hall–Kier alpha value is -0.720. The molecule has 0 aliphatic heterocycles. The molecule has 0 radical (unpaired) electrons. The second-order valence-corrected chi connectivity index (χ2v) is 4.86. The molecular weight excluding hydrogens is 276 g/mol. The summed E-state index contributed by atoms with van der Waals surface area (Å²) in [4.78, 5) is 1.18. The third-order valence-corrected chi connectivity index (χ3v) is 3.57. The Bertz CT molecular complexity index is 443. The van der Waals surface area contributed by atoms with Gasteiger partial charge >= 0.3 is 0 Å². The molecule has 0 aliphatic rings. The second-order valence-electron chi connectivity index (χ2n) is 3.20. The average Bonchev–Trinajstić information content (AvgIpc) is 2.75. The van der Waals surface area contributed by atoms with Gasteiger partial charge in [-0.05, 0) is 40.0 Å². The van der Waals surface area contributed by atoms with E-state index in [0.717, 1.165) is 16.8 Å². The van der Waals surface area contributed by atoms with E-state index in [4.69, 9.17) is 0 Å². The van der Waals surface area contributed by atoms with Crippen LogP contribution >= 0.6 is 27.3 Å². The summed E-state index contributed by atoms with van der Waals surface area (Å²) in [6, 6.07) is 2.16. The highest BCUT2D eigenvalue weighted by Crippen LogP contribution is 2.31. The first-order chi connectivity index (χ1) is 7.22. The lowest BCUT2D eigenvalue weighted by atomic mass is 10.3. The standard InChI is InChI=1S/C9H11BrN4S/c1-11-4-6-3-7(15-5-6)8-9(10)12-13-14(8)2/h3,5,11H,4H2,1-2H3. The molecule has 0 bridgehead atoms. The zero-order valence-electron chi connectivity index (χ0n) is 8.49. The monoisotopic (exact) mass is 286 g/mol. The van der Waals surface area contributed by atoms with Crippen LogP contribution in [0.15, 0.2) is 16.0 Å². The van der Waals surface area contributed by atoms with E-state index < -0.39 is 0 Å². The molecule has 2 rings (SSSR count). The minimum Gasteiger partial charge on any atom is -0.316 e. The topological polar surface area (TPSA) is 42.7 Å². The van der Waals surface area contributed by atoms with E-state index in [1.807, 2.05) is 14.1 Å². The third kappa shape index (κ3) is 2.11. The number of aromatic nitrogens is 3. The van der Waals surface area contributed by atoms with Crippen molar-refractivity contribution in [3.63, 3.8) is 0 Å². The highest BCUT2D eigenvalue weighted by Gasteiger charge is 2.12. The summed E-state index contributed by atoms with van der Waals surface area (Å²) in [6.07, 6.45) is 0. The quantitative estimate of drug-likeness (QED) is 0.939. The van der Waals surface area contributed by atoms with Gasteiger partial charge in [-0.25, -0.2) is 4.68 Å². The third-order valence-electron chi connectivity index (χ3n) is 2.05. The summed E-state index contributed by atoms with van der Waals surface area (Å²) in [7, 11) is 3.84. The van der Waals surface area contributed by atoms with E-state index in [9.17, 15) is 0 Å². The number of hydrogen-bond donors (Lipinski definition) is 1. The smallest absolute Gasteiger partial charge is 0.157 e. The van der Waals surface area contributed by atoms with E-state index in [0.29, 0.717) is 0 Å². The summed E-state index contributed by atoms with van der Waals surface area (Å²) < 4.78 is 2.57. The fraction of sp³-hybridized carbons (Fsp3) is 0.333. The van der Waals surface area contributed by atoms with Crippen molar-refractivity contribution in [1.82, 2.24) is 20.3 Å². The minimum absolute atomic E-state index is 0.794. The van der Waals surface area contributed by atoms with Gasteiger partial charge in [-0.3, -0.25) is 0 Å². The van der Waals surface area contributed by atoms with Gasteiger partial charge in [-0.2, -0.15) is 0 Å². The first-order valence-electron chi connectivity index (χ1n) is 4.50. The maximum atomic E-state index is 3.97. The molecule has 2 aromatic rings. The first-order valence-corrected chi connectivity index (χ1v) is 6.17. The lowest BCUT2D eigenvalue weighted by Gasteiger charge is -1.96. The van der Waals surface area contributed by atoms with Gasteiger partial charge in [0.15, 0.2) is 4.60 Å². The van der Waals surface area contributed by atoms with Crippen LogP contribution in [-0.2, 0) is 13.6 Å². The van der Waals surface area contributed by atoms with Gasteiger partial charge in [0.2, 0.25) is 0 Å². The molecule has 0 aliphatic carbocycles. The zero-order chi connectivity index (χ0) is 10.8. The van der Waals surface area contributed by atoms with Gasteiger partial charge in [0.05, 0.1) is 4.88 Å². The Balaban J connectivity index is 2.37. The number of thiophene rings is 1. The Morgan fingerprint density at radius 1 is 1.60 bits per heavy atom. The first kappa shape index (κ1) is 10.8. The average molecular weight is 287 g/mol. The maximum absolute atomic E-state index is 3.97. The highest BCUT2D eigenvalue weighted by atomic mass is 79.9. The Kier molecular flexibility index (Phi) is 3.18. The Morgan fingerprint density at radius 2 is 2.40 bits per heavy atom. The van der Waals surface area contributed by atoms with E-state index in [2.05, 4.69) is 43.0 Å². The van der Waals surface area contributed by atoms with E-state index in [1.165, 1.54) is 10.4 Å². The van der Waals surface area contributed by atoms with E-state index in [-0.39, 0.29) is 0 Å². The number of nitrogens with one attached hydrogen (secondary N) is 1. The van der Waals surface area contributed by atoms with Crippen molar-refractivity contribution in [3.8, 4) is 10.6 Å². The van der Waals surface area contributed by atoms with Crippen molar-refractivity contribution in [2.75, 3.05) is 7.05 Å². The summed E-state index contributed by atoms with van der Waals surface area (Å²) >= 11 is 5.10. The van der Waals surface area contributed by atoms with Gasteiger partial charge < -0.3 is 5.32 Å². The highest BCUT2D eigenvalue weighted by molar-refractivity contribution is 9.10. The number of hydrogen-bond acceptors (Lipinski definition) is 4. The summed E-state index contributed by atoms with van der Waals surface area (Å²) in [5.74, 6) is 0. The number of nitrogens with zero attached hydrogens (tertiary/aromatic N) is 3.